The molecule has 3 heteroatoms. The second-order valence-electron chi connectivity index (χ2n) is 5.69. The summed E-state index contributed by atoms with van der Waals surface area (Å²) in [7, 11) is 0. The molecule has 0 aromatic rings. The Morgan fingerprint density at radius 2 is 1.72 bits per heavy atom. The topological polar surface area (TPSA) is 24.5 Å². The lowest BCUT2D eigenvalue weighted by Gasteiger charge is -2.34. The molecule has 0 spiro atoms. The molecule has 0 rings (SSSR count). The SMILES string of the molecule is CCOCCN(CC)C(CNCC(C)C)C(C)C. The molecule has 0 heterocycles. The molecule has 0 aliphatic carbocycles. The maximum Gasteiger partial charge on any atom is 0.0593 e. The summed E-state index contributed by atoms with van der Waals surface area (Å²) in [5.74, 6) is 1.39. The third-order valence-electron chi connectivity index (χ3n) is 3.28. The van der Waals surface area contributed by atoms with Crippen LogP contribution in [0.2, 0.25) is 0 Å². The van der Waals surface area contributed by atoms with Crippen LogP contribution in [0.4, 0.5) is 0 Å². The molecular weight excluding hydrogens is 224 g/mol. The van der Waals surface area contributed by atoms with Crippen molar-refractivity contribution >= 4 is 0 Å². The Bertz CT molecular complexity index is 183. The molecule has 0 aliphatic rings. The van der Waals surface area contributed by atoms with Gasteiger partial charge in [0.1, 0.15) is 0 Å². The molecule has 0 aromatic heterocycles. The number of ether oxygens (including phenoxy) is 1. The van der Waals surface area contributed by atoms with Crippen LogP contribution in [0.25, 0.3) is 0 Å². The largest absolute Gasteiger partial charge is 0.380 e. The maximum absolute atomic E-state index is 5.48. The van der Waals surface area contributed by atoms with Gasteiger partial charge in [-0.3, -0.25) is 4.90 Å². The number of nitrogens with one attached hydrogen (secondary N) is 1. The van der Waals surface area contributed by atoms with Crippen molar-refractivity contribution in [2.75, 3.05) is 39.4 Å². The van der Waals surface area contributed by atoms with Crippen LogP contribution in [0, 0.1) is 11.8 Å². The molecule has 0 saturated carbocycles. The summed E-state index contributed by atoms with van der Waals surface area (Å²) in [4.78, 5) is 2.54. The van der Waals surface area contributed by atoms with Gasteiger partial charge in [0.15, 0.2) is 0 Å². The highest BCUT2D eigenvalue weighted by atomic mass is 16.5. The molecular formula is C15H34N2O. The molecule has 0 radical (unpaired) electrons. The van der Waals surface area contributed by atoms with E-state index in [1.54, 1.807) is 0 Å². The van der Waals surface area contributed by atoms with Crippen LogP contribution in [0.1, 0.15) is 41.5 Å². The van der Waals surface area contributed by atoms with Crippen LogP contribution in [-0.4, -0.2) is 50.3 Å². The van der Waals surface area contributed by atoms with Crippen LogP contribution < -0.4 is 5.32 Å². The monoisotopic (exact) mass is 258 g/mol. The van der Waals surface area contributed by atoms with E-state index in [9.17, 15) is 0 Å². The van der Waals surface area contributed by atoms with E-state index in [0.717, 1.165) is 45.3 Å². The van der Waals surface area contributed by atoms with Crippen molar-refractivity contribution in [3.8, 4) is 0 Å². The number of nitrogens with zero attached hydrogens (tertiary/aromatic N) is 1. The standard InChI is InChI=1S/C15H34N2O/c1-7-17(9-10-18-8-2)15(14(5)6)12-16-11-13(3)4/h13-16H,7-12H2,1-6H3. The highest BCUT2D eigenvalue weighted by Crippen LogP contribution is 2.10. The summed E-state index contributed by atoms with van der Waals surface area (Å²) in [6, 6.07) is 0.606. The Morgan fingerprint density at radius 1 is 1.06 bits per heavy atom. The molecule has 0 fully saturated rings. The van der Waals surface area contributed by atoms with Crippen molar-refractivity contribution in [2.45, 2.75) is 47.6 Å². The molecule has 1 N–H and O–H groups in total. The molecule has 3 nitrogen and oxygen atoms in total. The Balaban J connectivity index is 4.16. The van der Waals surface area contributed by atoms with Crippen molar-refractivity contribution in [3.63, 3.8) is 0 Å². The highest BCUT2D eigenvalue weighted by molar-refractivity contribution is 4.76. The molecule has 0 aliphatic heterocycles. The Morgan fingerprint density at radius 3 is 2.17 bits per heavy atom. The third-order valence-corrected chi connectivity index (χ3v) is 3.28. The Hall–Kier alpha value is -0.120. The second kappa shape index (κ2) is 10.8. The second-order valence-corrected chi connectivity index (χ2v) is 5.69. The lowest BCUT2D eigenvalue weighted by molar-refractivity contribution is 0.0831. The van der Waals surface area contributed by atoms with Crippen molar-refractivity contribution in [3.05, 3.63) is 0 Å². The number of likely N-dealkylation sites (N-methyl/N-ethyl adjacent to an activating group) is 1. The molecule has 18 heavy (non-hydrogen) atoms. The summed E-state index contributed by atoms with van der Waals surface area (Å²) in [6.07, 6.45) is 0. The van der Waals surface area contributed by atoms with Gasteiger partial charge >= 0.3 is 0 Å². The fourth-order valence-corrected chi connectivity index (χ4v) is 2.19. The fraction of sp³-hybridized carbons (Fsp3) is 1.00. The van der Waals surface area contributed by atoms with Crippen molar-refractivity contribution in [1.29, 1.82) is 0 Å². The lowest BCUT2D eigenvalue weighted by Crippen LogP contribution is -2.47. The van der Waals surface area contributed by atoms with Gasteiger partial charge in [0.05, 0.1) is 6.61 Å². The predicted molar refractivity (Wildman–Crippen MR) is 80.1 cm³/mol. The number of hydrogen-bond acceptors (Lipinski definition) is 3. The summed E-state index contributed by atoms with van der Waals surface area (Å²) < 4.78 is 5.48. The van der Waals surface area contributed by atoms with Gasteiger partial charge in [-0.1, -0.05) is 34.6 Å². The van der Waals surface area contributed by atoms with Gasteiger partial charge in [0, 0.05) is 25.7 Å². The molecule has 0 saturated heterocycles. The zero-order valence-corrected chi connectivity index (χ0v) is 13.3. The van der Waals surface area contributed by atoms with Gasteiger partial charge < -0.3 is 10.1 Å². The smallest absolute Gasteiger partial charge is 0.0593 e. The Kier molecular flexibility index (Phi) is 10.7. The summed E-state index contributed by atoms with van der Waals surface area (Å²) in [6.45, 7) is 19.4. The first-order chi connectivity index (χ1) is 8.52. The van der Waals surface area contributed by atoms with Gasteiger partial charge in [-0.15, -0.1) is 0 Å². The summed E-state index contributed by atoms with van der Waals surface area (Å²) in [5, 5.41) is 3.59. The minimum absolute atomic E-state index is 0.606. The van der Waals surface area contributed by atoms with Crippen LogP contribution in [0.5, 0.6) is 0 Å². The third kappa shape index (κ3) is 8.06. The maximum atomic E-state index is 5.48. The van der Waals surface area contributed by atoms with E-state index in [0.29, 0.717) is 12.0 Å². The van der Waals surface area contributed by atoms with Gasteiger partial charge in [0.2, 0.25) is 0 Å². The quantitative estimate of drug-likeness (QED) is 0.577. The van der Waals surface area contributed by atoms with E-state index in [4.69, 9.17) is 4.74 Å². The summed E-state index contributed by atoms with van der Waals surface area (Å²) in [5.41, 5.74) is 0. The molecule has 0 bridgehead atoms. The van der Waals surface area contributed by atoms with Gasteiger partial charge in [-0.2, -0.15) is 0 Å². The van der Waals surface area contributed by atoms with Gasteiger partial charge in [-0.25, -0.2) is 0 Å². The number of rotatable bonds is 11. The van der Waals surface area contributed by atoms with E-state index >= 15 is 0 Å². The minimum atomic E-state index is 0.606. The summed E-state index contributed by atoms with van der Waals surface area (Å²) >= 11 is 0. The number of hydrogen-bond donors (Lipinski definition) is 1. The molecule has 0 aromatic carbocycles. The molecule has 1 atom stereocenters. The van der Waals surface area contributed by atoms with Crippen LogP contribution in [-0.2, 0) is 4.74 Å². The van der Waals surface area contributed by atoms with Gasteiger partial charge in [-0.05, 0) is 31.8 Å². The van der Waals surface area contributed by atoms with Crippen LogP contribution in [0.15, 0.2) is 0 Å². The average Bonchev–Trinajstić information content (AvgIpc) is 2.31. The van der Waals surface area contributed by atoms with Crippen LogP contribution >= 0.6 is 0 Å². The van der Waals surface area contributed by atoms with E-state index in [2.05, 4.69) is 51.8 Å². The van der Waals surface area contributed by atoms with E-state index in [-0.39, 0.29) is 0 Å². The van der Waals surface area contributed by atoms with E-state index in [1.807, 2.05) is 0 Å². The Labute approximate surface area is 114 Å². The predicted octanol–water partition coefficient (Wildman–Crippen LogP) is 2.62. The van der Waals surface area contributed by atoms with E-state index in [1.165, 1.54) is 0 Å². The van der Waals surface area contributed by atoms with Crippen molar-refractivity contribution in [2.24, 2.45) is 11.8 Å². The average molecular weight is 258 g/mol. The van der Waals surface area contributed by atoms with Gasteiger partial charge in [0.25, 0.3) is 0 Å². The zero-order chi connectivity index (χ0) is 14.0. The van der Waals surface area contributed by atoms with Crippen molar-refractivity contribution < 1.29 is 4.74 Å². The molecule has 0 amide bonds. The molecule has 110 valence electrons. The van der Waals surface area contributed by atoms with Crippen molar-refractivity contribution in [1.82, 2.24) is 10.2 Å². The zero-order valence-electron chi connectivity index (χ0n) is 13.3. The lowest BCUT2D eigenvalue weighted by atomic mass is 10.0. The minimum Gasteiger partial charge on any atom is -0.380 e. The van der Waals surface area contributed by atoms with Crippen LogP contribution in [0.3, 0.4) is 0 Å². The highest BCUT2D eigenvalue weighted by Gasteiger charge is 2.19. The first kappa shape index (κ1) is 17.9. The fourth-order valence-electron chi connectivity index (χ4n) is 2.19. The first-order valence-corrected chi connectivity index (χ1v) is 7.55. The first-order valence-electron chi connectivity index (χ1n) is 7.55. The normalized spacial score (nSPS) is 13.8. The van der Waals surface area contributed by atoms with E-state index < -0.39 is 0 Å². The molecule has 1 unspecified atom stereocenters.